The Morgan fingerprint density at radius 2 is 2.11 bits per heavy atom. The van der Waals surface area contributed by atoms with Gasteiger partial charge in [0, 0.05) is 12.1 Å². The number of hydrogen-bond acceptors (Lipinski definition) is 5. The number of ether oxygens (including phenoxy) is 3. The van der Waals surface area contributed by atoms with Crippen LogP contribution in [0.15, 0.2) is 36.5 Å². The van der Waals surface area contributed by atoms with Gasteiger partial charge >= 0.3 is 5.95 Å². The number of aliphatic hydroxyl groups excluding tert-OH is 1. The fourth-order valence-electron chi connectivity index (χ4n) is 1.46. The molecule has 1 aromatic carbocycles. The molecule has 0 aliphatic carbocycles. The van der Waals surface area contributed by atoms with E-state index in [4.69, 9.17) is 19.9 Å². The topological polar surface area (TPSA) is 73.9 Å². The molecule has 0 saturated carbocycles. The number of aliphatic hydroxyl groups is 1. The summed E-state index contributed by atoms with van der Waals surface area (Å²) in [7, 11) is 0. The molecule has 0 amide bonds. The van der Waals surface area contributed by atoms with Gasteiger partial charge in [-0.2, -0.15) is 0 Å². The largest absolute Gasteiger partial charge is 0.460 e. The lowest BCUT2D eigenvalue weighted by atomic mass is 10.1. The van der Waals surface area contributed by atoms with Crippen molar-refractivity contribution in [1.82, 2.24) is 0 Å². The number of nitrogens with two attached hydrogens (primary N) is 1. The molecule has 18 heavy (non-hydrogen) atoms. The third kappa shape index (κ3) is 3.15. The van der Waals surface area contributed by atoms with E-state index in [9.17, 15) is 5.11 Å². The summed E-state index contributed by atoms with van der Waals surface area (Å²) in [5.41, 5.74) is 7.35. The lowest BCUT2D eigenvalue weighted by Gasteiger charge is -2.13. The predicted octanol–water partition coefficient (Wildman–Crippen LogP) is 1.18. The zero-order valence-corrected chi connectivity index (χ0v) is 10.2. The van der Waals surface area contributed by atoms with Gasteiger partial charge < -0.3 is 25.1 Å². The van der Waals surface area contributed by atoms with Crippen LogP contribution >= 0.6 is 0 Å². The molecule has 1 aliphatic rings. The van der Waals surface area contributed by atoms with Crippen LogP contribution in [0.25, 0.3) is 0 Å². The van der Waals surface area contributed by atoms with Crippen molar-refractivity contribution >= 4 is 0 Å². The van der Waals surface area contributed by atoms with Crippen LogP contribution in [0.3, 0.4) is 0 Å². The van der Waals surface area contributed by atoms with Crippen LogP contribution < -0.4 is 5.73 Å². The van der Waals surface area contributed by atoms with Crippen molar-refractivity contribution in [3.8, 4) is 0 Å². The van der Waals surface area contributed by atoms with Gasteiger partial charge in [-0.1, -0.05) is 29.8 Å². The Balaban J connectivity index is 1.85. The maximum Gasteiger partial charge on any atom is 0.319 e. The molecule has 0 fully saturated rings. The third-order valence-electron chi connectivity index (χ3n) is 2.55. The van der Waals surface area contributed by atoms with E-state index in [1.54, 1.807) is 0 Å². The second-order valence-corrected chi connectivity index (χ2v) is 4.13. The predicted molar refractivity (Wildman–Crippen MR) is 65.2 cm³/mol. The molecule has 98 valence electrons. The minimum Gasteiger partial charge on any atom is -0.460 e. The third-order valence-corrected chi connectivity index (χ3v) is 2.55. The minimum absolute atomic E-state index is 0.0896. The summed E-state index contributed by atoms with van der Waals surface area (Å²) < 4.78 is 16.0. The first kappa shape index (κ1) is 12.7. The highest BCUT2D eigenvalue weighted by Crippen LogP contribution is 2.28. The Hall–Kier alpha value is -1.72. The zero-order valence-electron chi connectivity index (χ0n) is 10.2. The average molecular weight is 251 g/mol. The average Bonchev–Trinajstić information content (AvgIpc) is 2.85. The molecule has 1 aromatic rings. The lowest BCUT2D eigenvalue weighted by Crippen LogP contribution is -2.25. The van der Waals surface area contributed by atoms with Crippen LogP contribution in [0.2, 0.25) is 0 Å². The van der Waals surface area contributed by atoms with E-state index < -0.39 is 12.4 Å². The number of aryl methyl sites for hydroxylation is 1. The number of hydrogen-bond donors (Lipinski definition) is 2. The van der Waals surface area contributed by atoms with Crippen LogP contribution in [0, 0.1) is 6.92 Å². The van der Waals surface area contributed by atoms with E-state index in [0.29, 0.717) is 0 Å². The maximum atomic E-state index is 9.26. The molecule has 1 heterocycles. The molecule has 3 N–H and O–H groups in total. The van der Waals surface area contributed by atoms with Gasteiger partial charge in [-0.3, -0.25) is 0 Å². The Bertz CT molecular complexity index is 416. The molecule has 5 nitrogen and oxygen atoms in total. The molecule has 2 rings (SSSR count). The Kier molecular flexibility index (Phi) is 4.07. The molecule has 0 radical (unpaired) electrons. The Morgan fingerprint density at radius 1 is 1.39 bits per heavy atom. The van der Waals surface area contributed by atoms with E-state index in [1.165, 1.54) is 11.8 Å². The summed E-state index contributed by atoms with van der Waals surface area (Å²) in [6.07, 6.45) is 0.205. The monoisotopic (exact) mass is 251 g/mol. The van der Waals surface area contributed by atoms with E-state index in [0.717, 1.165) is 5.56 Å². The van der Waals surface area contributed by atoms with Crippen molar-refractivity contribution in [2.24, 2.45) is 5.73 Å². The van der Waals surface area contributed by atoms with Crippen LogP contribution in [-0.2, 0) is 14.2 Å². The Labute approximate surface area is 106 Å². The quantitative estimate of drug-likeness (QED) is 0.822. The summed E-state index contributed by atoms with van der Waals surface area (Å²) in [4.78, 5) is 0. The molecule has 2 atom stereocenters. The van der Waals surface area contributed by atoms with Crippen LogP contribution in [0.4, 0.5) is 0 Å². The standard InChI is InChI=1S/C13H17NO4/c1-9-2-4-10(5-3-9)13-17-8-12(18-13)16-7-11(15)6-14/h2-5,8,11,13,15H,6-7,14H2,1H3/t11-,13?/m1/s1. The highest BCUT2D eigenvalue weighted by molar-refractivity contribution is 5.23. The molecule has 1 unspecified atom stereocenters. The van der Waals surface area contributed by atoms with Crippen molar-refractivity contribution in [2.45, 2.75) is 19.3 Å². The number of benzene rings is 1. The van der Waals surface area contributed by atoms with Gasteiger partial charge in [0.1, 0.15) is 12.7 Å². The van der Waals surface area contributed by atoms with Gasteiger partial charge in [-0.05, 0) is 6.92 Å². The molecule has 0 bridgehead atoms. The van der Waals surface area contributed by atoms with Crippen molar-refractivity contribution in [1.29, 1.82) is 0 Å². The van der Waals surface area contributed by atoms with Crippen LogP contribution in [0.5, 0.6) is 0 Å². The second kappa shape index (κ2) is 5.75. The minimum atomic E-state index is -0.701. The van der Waals surface area contributed by atoms with Gasteiger partial charge in [0.2, 0.25) is 0 Å². The molecule has 0 saturated heterocycles. The second-order valence-electron chi connectivity index (χ2n) is 4.13. The molecular formula is C13H17NO4. The summed E-state index contributed by atoms with van der Waals surface area (Å²) in [5, 5.41) is 9.26. The first-order valence-electron chi connectivity index (χ1n) is 5.79. The lowest BCUT2D eigenvalue weighted by molar-refractivity contribution is -0.0817. The highest BCUT2D eigenvalue weighted by Gasteiger charge is 2.23. The van der Waals surface area contributed by atoms with Crippen LogP contribution in [0.1, 0.15) is 17.4 Å². The van der Waals surface area contributed by atoms with E-state index in [2.05, 4.69) is 0 Å². The fourth-order valence-corrected chi connectivity index (χ4v) is 1.46. The van der Waals surface area contributed by atoms with Gasteiger partial charge in [0.25, 0.3) is 6.29 Å². The first-order valence-corrected chi connectivity index (χ1v) is 5.79. The summed E-state index contributed by atoms with van der Waals surface area (Å²) in [5.74, 6) is 0.257. The molecule has 5 heteroatoms. The maximum absolute atomic E-state index is 9.26. The molecule has 0 spiro atoms. The summed E-state index contributed by atoms with van der Waals surface area (Å²) >= 11 is 0. The summed E-state index contributed by atoms with van der Waals surface area (Å²) in [6.45, 7) is 2.25. The van der Waals surface area contributed by atoms with Crippen molar-refractivity contribution in [3.63, 3.8) is 0 Å². The number of rotatable bonds is 5. The highest BCUT2D eigenvalue weighted by atomic mass is 16.8. The molecular weight excluding hydrogens is 234 g/mol. The molecule has 1 aliphatic heterocycles. The summed E-state index contributed by atoms with van der Waals surface area (Å²) in [6, 6.07) is 7.84. The van der Waals surface area contributed by atoms with E-state index in [1.807, 2.05) is 31.2 Å². The molecule has 0 aromatic heterocycles. The van der Waals surface area contributed by atoms with E-state index in [-0.39, 0.29) is 19.1 Å². The fraction of sp³-hybridized carbons (Fsp3) is 0.385. The van der Waals surface area contributed by atoms with Gasteiger partial charge in [-0.25, -0.2) is 0 Å². The van der Waals surface area contributed by atoms with Crippen molar-refractivity contribution in [2.75, 3.05) is 13.2 Å². The first-order chi connectivity index (χ1) is 8.69. The smallest absolute Gasteiger partial charge is 0.319 e. The van der Waals surface area contributed by atoms with Gasteiger partial charge in [0.05, 0.1) is 0 Å². The van der Waals surface area contributed by atoms with Crippen molar-refractivity contribution < 1.29 is 19.3 Å². The van der Waals surface area contributed by atoms with Crippen LogP contribution in [-0.4, -0.2) is 24.4 Å². The van der Waals surface area contributed by atoms with E-state index >= 15 is 0 Å². The van der Waals surface area contributed by atoms with Gasteiger partial charge in [0.15, 0.2) is 6.26 Å². The zero-order chi connectivity index (χ0) is 13.0. The normalized spacial score (nSPS) is 19.7. The van der Waals surface area contributed by atoms with Gasteiger partial charge in [-0.15, -0.1) is 0 Å². The van der Waals surface area contributed by atoms with Crippen molar-refractivity contribution in [3.05, 3.63) is 47.6 Å². The SMILES string of the molecule is Cc1ccc(C2OC=C(OC[C@H](O)CN)O2)cc1. The Morgan fingerprint density at radius 3 is 2.78 bits per heavy atom.